The first kappa shape index (κ1) is 11.2. The predicted octanol–water partition coefficient (Wildman–Crippen LogP) is 1.96. The Morgan fingerprint density at radius 1 is 1.41 bits per heavy atom. The molecule has 17 heavy (non-hydrogen) atoms. The highest BCUT2D eigenvalue weighted by molar-refractivity contribution is 5.27. The Hall–Kier alpha value is -0.930. The summed E-state index contributed by atoms with van der Waals surface area (Å²) in [7, 11) is 0. The predicted molar refractivity (Wildman–Crippen MR) is 66.7 cm³/mol. The minimum absolute atomic E-state index is 0.343. The van der Waals surface area contributed by atoms with Crippen molar-refractivity contribution >= 4 is 0 Å². The number of aromatic nitrogens is 1. The van der Waals surface area contributed by atoms with Gasteiger partial charge in [-0.2, -0.15) is 0 Å². The molecule has 1 aromatic rings. The van der Waals surface area contributed by atoms with Crippen LogP contribution in [0, 0.1) is 0 Å². The number of hydrogen-bond donors (Lipinski definition) is 2. The van der Waals surface area contributed by atoms with Gasteiger partial charge in [-0.15, -0.1) is 0 Å². The van der Waals surface area contributed by atoms with Gasteiger partial charge in [-0.25, -0.2) is 0 Å². The van der Waals surface area contributed by atoms with Crippen molar-refractivity contribution in [3.05, 3.63) is 29.6 Å². The van der Waals surface area contributed by atoms with Gasteiger partial charge in [0.15, 0.2) is 0 Å². The first-order valence-corrected chi connectivity index (χ1v) is 6.66. The summed E-state index contributed by atoms with van der Waals surface area (Å²) in [6.45, 7) is 0.716. The van der Waals surface area contributed by atoms with Crippen LogP contribution in [0.15, 0.2) is 18.3 Å². The molecule has 1 heterocycles. The Bertz CT molecular complexity index is 399. The molecule has 0 bridgehead atoms. The fraction of sp³-hybridized carbons (Fsp3) is 0.643. The van der Waals surface area contributed by atoms with Crippen molar-refractivity contribution in [2.24, 2.45) is 0 Å². The lowest BCUT2D eigenvalue weighted by atomic mass is 10.0. The van der Waals surface area contributed by atoms with E-state index in [1.54, 1.807) is 0 Å². The average molecular weight is 232 g/mol. The van der Waals surface area contributed by atoms with E-state index in [2.05, 4.69) is 16.4 Å². The molecule has 3 rings (SSSR count). The van der Waals surface area contributed by atoms with Crippen molar-refractivity contribution in [3.8, 4) is 0 Å². The van der Waals surface area contributed by atoms with Crippen molar-refractivity contribution < 1.29 is 5.11 Å². The van der Waals surface area contributed by atoms with Gasteiger partial charge in [0.1, 0.15) is 0 Å². The minimum Gasteiger partial charge on any atom is -0.389 e. The second-order valence-electron chi connectivity index (χ2n) is 5.45. The lowest BCUT2D eigenvalue weighted by Crippen LogP contribution is -2.39. The Labute approximate surface area is 102 Å². The van der Waals surface area contributed by atoms with Gasteiger partial charge in [0.25, 0.3) is 0 Å². The maximum atomic E-state index is 10.3. The van der Waals surface area contributed by atoms with Gasteiger partial charge in [0.05, 0.1) is 17.3 Å². The number of nitrogens with one attached hydrogen (secondary N) is 1. The van der Waals surface area contributed by atoms with Crippen LogP contribution in [-0.2, 0) is 6.42 Å². The third-order valence-corrected chi connectivity index (χ3v) is 4.17. The van der Waals surface area contributed by atoms with Gasteiger partial charge in [-0.05, 0) is 37.3 Å². The second kappa shape index (κ2) is 4.39. The number of nitrogens with zero attached hydrogens (tertiary/aromatic N) is 1. The maximum Gasteiger partial charge on any atom is 0.0771 e. The zero-order valence-electron chi connectivity index (χ0n) is 10.2. The van der Waals surface area contributed by atoms with Crippen LogP contribution in [-0.4, -0.2) is 22.2 Å². The van der Waals surface area contributed by atoms with Crippen LogP contribution in [0.4, 0.5) is 0 Å². The number of fused-ring (bicyclic) bond motifs is 1. The van der Waals surface area contributed by atoms with E-state index >= 15 is 0 Å². The average Bonchev–Trinajstić information content (AvgIpc) is 2.94. The Morgan fingerprint density at radius 3 is 3.06 bits per heavy atom. The molecule has 0 aromatic carbocycles. The molecule has 0 aliphatic heterocycles. The van der Waals surface area contributed by atoms with Gasteiger partial charge in [-0.1, -0.05) is 18.9 Å². The smallest absolute Gasteiger partial charge is 0.0771 e. The molecule has 0 saturated heterocycles. The summed E-state index contributed by atoms with van der Waals surface area (Å²) in [5.41, 5.74) is 2.09. The van der Waals surface area contributed by atoms with Crippen LogP contribution in [0.25, 0.3) is 0 Å². The zero-order valence-corrected chi connectivity index (χ0v) is 10.2. The van der Waals surface area contributed by atoms with E-state index in [4.69, 9.17) is 0 Å². The molecule has 1 atom stereocenters. The van der Waals surface area contributed by atoms with Crippen molar-refractivity contribution in [1.82, 2.24) is 10.3 Å². The first-order valence-electron chi connectivity index (χ1n) is 6.66. The minimum atomic E-state index is -0.461. The molecule has 2 aliphatic rings. The van der Waals surface area contributed by atoms with Gasteiger partial charge in [0, 0.05) is 12.7 Å². The summed E-state index contributed by atoms with van der Waals surface area (Å²) in [5.74, 6) is 0. The van der Waals surface area contributed by atoms with E-state index < -0.39 is 5.60 Å². The summed E-state index contributed by atoms with van der Waals surface area (Å²) in [4.78, 5) is 4.46. The largest absolute Gasteiger partial charge is 0.389 e. The molecule has 92 valence electrons. The summed E-state index contributed by atoms with van der Waals surface area (Å²) < 4.78 is 0. The lowest BCUT2D eigenvalue weighted by molar-refractivity contribution is 0.0447. The summed E-state index contributed by atoms with van der Waals surface area (Å²) in [6, 6.07) is 4.51. The van der Waals surface area contributed by atoms with Crippen LogP contribution in [0.1, 0.15) is 49.4 Å². The maximum absolute atomic E-state index is 10.3. The molecule has 3 nitrogen and oxygen atoms in total. The number of rotatable bonds is 3. The molecule has 1 saturated carbocycles. The van der Waals surface area contributed by atoms with Gasteiger partial charge in [-0.3, -0.25) is 4.98 Å². The van der Waals surface area contributed by atoms with E-state index in [0.717, 1.165) is 38.5 Å². The SMILES string of the molecule is OC1(CNC2CCc3cccnc32)CCCC1. The van der Waals surface area contributed by atoms with Crippen LogP contribution in [0.5, 0.6) is 0 Å². The van der Waals surface area contributed by atoms with Crippen molar-refractivity contribution in [1.29, 1.82) is 0 Å². The van der Waals surface area contributed by atoms with E-state index in [-0.39, 0.29) is 0 Å². The molecule has 2 N–H and O–H groups in total. The molecule has 0 spiro atoms. The van der Waals surface area contributed by atoms with E-state index in [9.17, 15) is 5.11 Å². The highest BCUT2D eigenvalue weighted by atomic mass is 16.3. The standard InChI is InChI=1S/C14H20N2O/c17-14(7-1-2-8-14)10-16-12-6-5-11-4-3-9-15-13(11)12/h3-4,9,12,16-17H,1-2,5-8,10H2. The van der Waals surface area contributed by atoms with Crippen molar-refractivity contribution in [2.75, 3.05) is 6.54 Å². The van der Waals surface area contributed by atoms with Crippen LogP contribution >= 0.6 is 0 Å². The van der Waals surface area contributed by atoms with E-state index in [1.807, 2.05) is 12.3 Å². The number of aliphatic hydroxyl groups is 1. The molecular formula is C14H20N2O. The lowest BCUT2D eigenvalue weighted by Gasteiger charge is -2.25. The Morgan fingerprint density at radius 2 is 2.24 bits per heavy atom. The highest BCUT2D eigenvalue weighted by Gasteiger charge is 2.32. The summed E-state index contributed by atoms with van der Waals surface area (Å²) in [5, 5.41) is 13.8. The van der Waals surface area contributed by atoms with Crippen molar-refractivity contribution in [3.63, 3.8) is 0 Å². The normalized spacial score (nSPS) is 26.1. The topological polar surface area (TPSA) is 45.1 Å². The Balaban J connectivity index is 1.64. The molecule has 1 fully saturated rings. The third-order valence-electron chi connectivity index (χ3n) is 4.17. The zero-order chi connectivity index (χ0) is 11.7. The molecule has 1 aromatic heterocycles. The fourth-order valence-corrected chi connectivity index (χ4v) is 3.13. The second-order valence-corrected chi connectivity index (χ2v) is 5.45. The highest BCUT2D eigenvalue weighted by Crippen LogP contribution is 2.32. The monoisotopic (exact) mass is 232 g/mol. The van der Waals surface area contributed by atoms with Gasteiger partial charge >= 0.3 is 0 Å². The number of hydrogen-bond acceptors (Lipinski definition) is 3. The molecule has 0 amide bonds. The first-order chi connectivity index (χ1) is 8.27. The van der Waals surface area contributed by atoms with Crippen LogP contribution in [0.3, 0.4) is 0 Å². The molecule has 3 heteroatoms. The third kappa shape index (κ3) is 2.22. The molecule has 0 radical (unpaired) electrons. The van der Waals surface area contributed by atoms with Crippen LogP contribution in [0.2, 0.25) is 0 Å². The molecular weight excluding hydrogens is 212 g/mol. The summed E-state index contributed by atoms with van der Waals surface area (Å²) >= 11 is 0. The quantitative estimate of drug-likeness (QED) is 0.837. The van der Waals surface area contributed by atoms with E-state index in [1.165, 1.54) is 11.3 Å². The number of aryl methyl sites for hydroxylation is 1. The van der Waals surface area contributed by atoms with Gasteiger partial charge in [0.2, 0.25) is 0 Å². The van der Waals surface area contributed by atoms with Crippen molar-refractivity contribution in [2.45, 2.75) is 50.2 Å². The Kier molecular flexibility index (Phi) is 2.89. The number of pyridine rings is 1. The molecule has 2 aliphatic carbocycles. The summed E-state index contributed by atoms with van der Waals surface area (Å²) in [6.07, 6.45) is 8.31. The molecule has 1 unspecified atom stereocenters. The van der Waals surface area contributed by atoms with E-state index in [0.29, 0.717) is 12.6 Å². The van der Waals surface area contributed by atoms with Gasteiger partial charge < -0.3 is 10.4 Å². The van der Waals surface area contributed by atoms with Crippen LogP contribution < -0.4 is 5.32 Å². The fourth-order valence-electron chi connectivity index (χ4n) is 3.13.